The highest BCUT2D eigenvalue weighted by atomic mass is 79.9. The largest absolute Gasteiger partial charge is 0.496 e. The average molecular weight is 350 g/mol. The first-order valence-electron chi connectivity index (χ1n) is 6.82. The minimum Gasteiger partial charge on any atom is -0.496 e. The van der Waals surface area contributed by atoms with Crippen LogP contribution < -0.4 is 15.2 Å². The zero-order valence-electron chi connectivity index (χ0n) is 12.5. The summed E-state index contributed by atoms with van der Waals surface area (Å²) in [5.41, 5.74) is 9.29. The van der Waals surface area contributed by atoms with Crippen molar-refractivity contribution in [2.45, 2.75) is 26.5 Å². The van der Waals surface area contributed by atoms with Crippen LogP contribution in [0.4, 0.5) is 0 Å². The second kappa shape index (κ2) is 6.96. The first-order valence-corrected chi connectivity index (χ1v) is 7.62. The molecule has 0 radical (unpaired) electrons. The molecular formula is C17H20BrNO2. The summed E-state index contributed by atoms with van der Waals surface area (Å²) in [7, 11) is 1.65. The van der Waals surface area contributed by atoms with Crippen LogP contribution in [0, 0.1) is 6.92 Å². The number of aryl methyl sites for hydroxylation is 1. The van der Waals surface area contributed by atoms with Gasteiger partial charge in [0.1, 0.15) is 18.1 Å². The lowest BCUT2D eigenvalue weighted by molar-refractivity contribution is 0.301. The van der Waals surface area contributed by atoms with Gasteiger partial charge in [-0.15, -0.1) is 0 Å². The molecular weight excluding hydrogens is 330 g/mol. The second-order valence-electron chi connectivity index (χ2n) is 5.09. The molecule has 112 valence electrons. The average Bonchev–Trinajstić information content (AvgIpc) is 2.46. The third-order valence-corrected chi connectivity index (χ3v) is 3.89. The minimum atomic E-state index is -0.0532. The topological polar surface area (TPSA) is 44.5 Å². The summed E-state index contributed by atoms with van der Waals surface area (Å²) < 4.78 is 12.1. The molecule has 2 aromatic rings. The van der Waals surface area contributed by atoms with E-state index >= 15 is 0 Å². The van der Waals surface area contributed by atoms with Gasteiger partial charge in [-0.25, -0.2) is 0 Å². The highest BCUT2D eigenvalue weighted by molar-refractivity contribution is 9.10. The molecule has 3 nitrogen and oxygen atoms in total. The van der Waals surface area contributed by atoms with Crippen LogP contribution in [0.25, 0.3) is 0 Å². The van der Waals surface area contributed by atoms with Crippen LogP contribution in [0.3, 0.4) is 0 Å². The van der Waals surface area contributed by atoms with Crippen molar-refractivity contribution in [3.63, 3.8) is 0 Å². The molecule has 0 saturated heterocycles. The second-order valence-corrected chi connectivity index (χ2v) is 5.94. The molecule has 0 aliphatic heterocycles. The molecule has 0 aromatic heterocycles. The molecule has 0 heterocycles. The Morgan fingerprint density at radius 2 is 1.86 bits per heavy atom. The summed E-state index contributed by atoms with van der Waals surface area (Å²) in [5.74, 6) is 1.65. The van der Waals surface area contributed by atoms with E-state index in [9.17, 15) is 0 Å². The fourth-order valence-electron chi connectivity index (χ4n) is 2.12. The van der Waals surface area contributed by atoms with E-state index in [2.05, 4.69) is 28.9 Å². The van der Waals surface area contributed by atoms with Crippen molar-refractivity contribution < 1.29 is 9.47 Å². The van der Waals surface area contributed by atoms with E-state index in [1.54, 1.807) is 7.11 Å². The minimum absolute atomic E-state index is 0.0532. The summed E-state index contributed by atoms with van der Waals surface area (Å²) >= 11 is 3.48. The smallest absolute Gasteiger partial charge is 0.133 e. The molecule has 0 aliphatic rings. The molecule has 2 aromatic carbocycles. The van der Waals surface area contributed by atoms with Gasteiger partial charge in [0.05, 0.1) is 11.6 Å². The first-order chi connectivity index (χ1) is 10.0. The SMILES string of the molecule is COc1ccc(COc2ccc(C)cc2[C@@H](C)N)cc1Br. The Hall–Kier alpha value is -1.52. The standard InChI is InChI=1S/C17H20BrNO2/c1-11-4-6-16(14(8-11)12(2)19)21-10-13-5-7-17(20-3)15(18)9-13/h4-9,12H,10,19H2,1-3H3/t12-/m1/s1. The number of hydrogen-bond acceptors (Lipinski definition) is 3. The third-order valence-electron chi connectivity index (χ3n) is 3.27. The molecule has 0 amide bonds. The van der Waals surface area contributed by atoms with E-state index in [4.69, 9.17) is 15.2 Å². The van der Waals surface area contributed by atoms with Crippen molar-refractivity contribution >= 4 is 15.9 Å². The molecule has 0 saturated carbocycles. The number of benzene rings is 2. The maximum absolute atomic E-state index is 6.01. The molecule has 0 bridgehead atoms. The van der Waals surface area contributed by atoms with Gasteiger partial charge in [0.15, 0.2) is 0 Å². The number of hydrogen-bond donors (Lipinski definition) is 1. The van der Waals surface area contributed by atoms with Gasteiger partial charge >= 0.3 is 0 Å². The van der Waals surface area contributed by atoms with Crippen LogP contribution in [0.2, 0.25) is 0 Å². The Morgan fingerprint density at radius 3 is 2.48 bits per heavy atom. The summed E-state index contributed by atoms with van der Waals surface area (Å²) in [6.07, 6.45) is 0. The number of methoxy groups -OCH3 is 1. The summed E-state index contributed by atoms with van der Waals surface area (Å²) in [6, 6.07) is 11.9. The van der Waals surface area contributed by atoms with Crippen LogP contribution in [-0.4, -0.2) is 7.11 Å². The molecule has 1 atom stereocenters. The van der Waals surface area contributed by atoms with E-state index in [0.717, 1.165) is 27.1 Å². The molecule has 2 N–H and O–H groups in total. The lowest BCUT2D eigenvalue weighted by Crippen LogP contribution is -2.08. The number of ether oxygens (including phenoxy) is 2. The van der Waals surface area contributed by atoms with Crippen LogP contribution in [0.15, 0.2) is 40.9 Å². The van der Waals surface area contributed by atoms with Crippen LogP contribution in [0.5, 0.6) is 11.5 Å². The first kappa shape index (κ1) is 15.9. The molecule has 2 rings (SSSR count). The van der Waals surface area contributed by atoms with E-state index in [0.29, 0.717) is 6.61 Å². The molecule has 21 heavy (non-hydrogen) atoms. The maximum Gasteiger partial charge on any atom is 0.133 e. The van der Waals surface area contributed by atoms with Crippen molar-refractivity contribution in [1.29, 1.82) is 0 Å². The fraction of sp³-hybridized carbons (Fsp3) is 0.294. The fourth-order valence-corrected chi connectivity index (χ4v) is 2.70. The van der Waals surface area contributed by atoms with Gasteiger partial charge in [-0.3, -0.25) is 0 Å². The Bertz CT molecular complexity index is 626. The van der Waals surface area contributed by atoms with Crippen molar-refractivity contribution in [2.75, 3.05) is 7.11 Å². The Balaban J connectivity index is 2.15. The van der Waals surface area contributed by atoms with Crippen LogP contribution >= 0.6 is 15.9 Å². The monoisotopic (exact) mass is 349 g/mol. The third kappa shape index (κ3) is 3.99. The molecule has 4 heteroatoms. The van der Waals surface area contributed by atoms with Gasteiger partial charge in [-0.05, 0) is 53.5 Å². The van der Waals surface area contributed by atoms with Crippen molar-refractivity contribution in [2.24, 2.45) is 5.73 Å². The zero-order chi connectivity index (χ0) is 15.4. The van der Waals surface area contributed by atoms with Gasteiger partial charge in [0, 0.05) is 11.6 Å². The number of nitrogens with two attached hydrogens (primary N) is 1. The normalized spacial score (nSPS) is 12.0. The Kier molecular flexibility index (Phi) is 5.26. The predicted molar refractivity (Wildman–Crippen MR) is 88.8 cm³/mol. The zero-order valence-corrected chi connectivity index (χ0v) is 14.1. The van der Waals surface area contributed by atoms with Gasteiger partial charge in [0.2, 0.25) is 0 Å². The lowest BCUT2D eigenvalue weighted by Gasteiger charge is -2.15. The quantitative estimate of drug-likeness (QED) is 0.871. The van der Waals surface area contributed by atoms with Crippen molar-refractivity contribution in [3.05, 3.63) is 57.6 Å². The molecule has 0 fully saturated rings. The molecule has 0 spiro atoms. The van der Waals surface area contributed by atoms with Gasteiger partial charge in [-0.1, -0.05) is 23.8 Å². The number of halogens is 1. The summed E-state index contributed by atoms with van der Waals surface area (Å²) in [4.78, 5) is 0. The summed E-state index contributed by atoms with van der Waals surface area (Å²) in [5, 5.41) is 0. The van der Waals surface area contributed by atoms with Gasteiger partial charge in [0.25, 0.3) is 0 Å². The van der Waals surface area contributed by atoms with Crippen LogP contribution in [0.1, 0.15) is 29.7 Å². The lowest BCUT2D eigenvalue weighted by atomic mass is 10.1. The highest BCUT2D eigenvalue weighted by Crippen LogP contribution is 2.28. The Labute approximate surface area is 134 Å². The molecule has 0 aliphatic carbocycles. The van der Waals surface area contributed by atoms with E-state index < -0.39 is 0 Å². The van der Waals surface area contributed by atoms with E-state index in [1.165, 1.54) is 5.56 Å². The van der Waals surface area contributed by atoms with Gasteiger partial charge in [-0.2, -0.15) is 0 Å². The van der Waals surface area contributed by atoms with E-state index in [-0.39, 0.29) is 6.04 Å². The predicted octanol–water partition coefficient (Wildman–Crippen LogP) is 4.36. The maximum atomic E-state index is 6.01. The van der Waals surface area contributed by atoms with Gasteiger partial charge < -0.3 is 15.2 Å². The number of rotatable bonds is 5. The van der Waals surface area contributed by atoms with E-state index in [1.807, 2.05) is 37.3 Å². The van der Waals surface area contributed by atoms with Crippen LogP contribution in [-0.2, 0) is 6.61 Å². The summed E-state index contributed by atoms with van der Waals surface area (Å²) in [6.45, 7) is 4.51. The Morgan fingerprint density at radius 1 is 1.14 bits per heavy atom. The van der Waals surface area contributed by atoms with Crippen molar-refractivity contribution in [1.82, 2.24) is 0 Å². The molecule has 0 unspecified atom stereocenters. The van der Waals surface area contributed by atoms with Crippen molar-refractivity contribution in [3.8, 4) is 11.5 Å². The highest BCUT2D eigenvalue weighted by Gasteiger charge is 2.09.